The summed E-state index contributed by atoms with van der Waals surface area (Å²) >= 11 is 0. The molecule has 16 heavy (non-hydrogen) atoms. The molecule has 86 valence electrons. The van der Waals surface area contributed by atoms with Crippen LogP contribution in [0.25, 0.3) is 0 Å². The predicted octanol–water partition coefficient (Wildman–Crippen LogP) is 2.01. The van der Waals surface area contributed by atoms with Crippen molar-refractivity contribution >= 4 is 11.6 Å². The van der Waals surface area contributed by atoms with Crippen LogP contribution in [0.15, 0.2) is 18.2 Å². The molecule has 0 aliphatic carbocycles. The molecule has 1 amide bonds. The van der Waals surface area contributed by atoms with Crippen LogP contribution in [0.1, 0.15) is 31.0 Å². The van der Waals surface area contributed by atoms with Gasteiger partial charge in [-0.25, -0.2) is 0 Å². The lowest BCUT2D eigenvalue weighted by molar-refractivity contribution is -0.119. The third-order valence-electron chi connectivity index (χ3n) is 3.09. The van der Waals surface area contributed by atoms with Gasteiger partial charge in [0.1, 0.15) is 6.04 Å². The van der Waals surface area contributed by atoms with Crippen LogP contribution in [0.3, 0.4) is 0 Å². The standard InChI is InChI=1S/C13H18N2O/c1-4-14-11-10-8-6-7-9(3)12(10)15(5-2)13(11)16/h6-8,11,14H,4-5H2,1-3H3. The molecular weight excluding hydrogens is 200 g/mol. The number of amides is 1. The summed E-state index contributed by atoms with van der Waals surface area (Å²) in [5.74, 6) is 0.175. The van der Waals surface area contributed by atoms with Gasteiger partial charge in [0.2, 0.25) is 5.91 Å². The fraction of sp³-hybridized carbons (Fsp3) is 0.462. The molecule has 1 aliphatic heterocycles. The number of carbonyl (C=O) groups excluding carboxylic acids is 1. The zero-order chi connectivity index (χ0) is 11.7. The maximum absolute atomic E-state index is 12.2. The number of fused-ring (bicyclic) bond motifs is 1. The first-order valence-electron chi connectivity index (χ1n) is 5.85. The molecule has 0 fully saturated rings. The molecule has 2 rings (SSSR count). The highest BCUT2D eigenvalue weighted by Crippen LogP contribution is 2.37. The minimum Gasteiger partial charge on any atom is -0.310 e. The van der Waals surface area contributed by atoms with Crippen LogP contribution >= 0.6 is 0 Å². The Morgan fingerprint density at radius 1 is 1.38 bits per heavy atom. The Kier molecular flexibility index (Phi) is 2.97. The molecule has 0 saturated heterocycles. The van der Waals surface area contributed by atoms with Crippen molar-refractivity contribution in [1.82, 2.24) is 5.32 Å². The van der Waals surface area contributed by atoms with Crippen molar-refractivity contribution in [2.24, 2.45) is 0 Å². The average molecular weight is 218 g/mol. The molecule has 0 radical (unpaired) electrons. The lowest BCUT2D eigenvalue weighted by Crippen LogP contribution is -2.34. The fourth-order valence-electron chi connectivity index (χ4n) is 2.40. The molecule has 1 N–H and O–H groups in total. The van der Waals surface area contributed by atoms with Gasteiger partial charge in [-0.15, -0.1) is 0 Å². The van der Waals surface area contributed by atoms with Gasteiger partial charge in [0.25, 0.3) is 0 Å². The van der Waals surface area contributed by atoms with Crippen molar-refractivity contribution in [1.29, 1.82) is 0 Å². The van der Waals surface area contributed by atoms with E-state index in [2.05, 4.69) is 18.3 Å². The Bertz CT molecular complexity index is 414. The largest absolute Gasteiger partial charge is 0.310 e. The van der Waals surface area contributed by atoms with Crippen molar-refractivity contribution < 1.29 is 4.79 Å². The topological polar surface area (TPSA) is 32.3 Å². The monoisotopic (exact) mass is 218 g/mol. The lowest BCUT2D eigenvalue weighted by Gasteiger charge is -2.16. The van der Waals surface area contributed by atoms with Crippen molar-refractivity contribution in [2.75, 3.05) is 18.0 Å². The van der Waals surface area contributed by atoms with E-state index in [1.54, 1.807) is 0 Å². The van der Waals surface area contributed by atoms with E-state index in [1.807, 2.05) is 30.9 Å². The van der Waals surface area contributed by atoms with Crippen LogP contribution < -0.4 is 10.2 Å². The van der Waals surface area contributed by atoms with Gasteiger partial charge in [0, 0.05) is 12.1 Å². The highest BCUT2D eigenvalue weighted by atomic mass is 16.2. The van der Waals surface area contributed by atoms with E-state index in [0.717, 1.165) is 24.3 Å². The molecule has 3 nitrogen and oxygen atoms in total. The highest BCUT2D eigenvalue weighted by molar-refractivity contribution is 6.05. The minimum absolute atomic E-state index is 0.153. The van der Waals surface area contributed by atoms with Gasteiger partial charge in [0.05, 0.1) is 5.69 Å². The van der Waals surface area contributed by atoms with Gasteiger partial charge in [-0.3, -0.25) is 4.79 Å². The Hall–Kier alpha value is -1.35. The van der Waals surface area contributed by atoms with Gasteiger partial charge in [-0.05, 0) is 26.0 Å². The number of rotatable bonds is 3. The van der Waals surface area contributed by atoms with E-state index < -0.39 is 0 Å². The average Bonchev–Trinajstić information content (AvgIpc) is 2.54. The third-order valence-corrected chi connectivity index (χ3v) is 3.09. The fourth-order valence-corrected chi connectivity index (χ4v) is 2.40. The van der Waals surface area contributed by atoms with Crippen LogP contribution in [0.4, 0.5) is 5.69 Å². The zero-order valence-electron chi connectivity index (χ0n) is 10.1. The second kappa shape index (κ2) is 4.26. The van der Waals surface area contributed by atoms with Crippen LogP contribution in [0.2, 0.25) is 0 Å². The first-order chi connectivity index (χ1) is 7.70. The summed E-state index contributed by atoms with van der Waals surface area (Å²) in [5.41, 5.74) is 3.39. The first-order valence-corrected chi connectivity index (χ1v) is 5.85. The summed E-state index contributed by atoms with van der Waals surface area (Å²) in [7, 11) is 0. The van der Waals surface area contributed by atoms with E-state index in [0.29, 0.717) is 0 Å². The number of nitrogens with zero attached hydrogens (tertiary/aromatic N) is 1. The summed E-state index contributed by atoms with van der Waals surface area (Å²) in [6.07, 6.45) is 0. The number of carbonyl (C=O) groups is 1. The maximum Gasteiger partial charge on any atom is 0.248 e. The van der Waals surface area contributed by atoms with Crippen LogP contribution in [-0.2, 0) is 4.79 Å². The zero-order valence-corrected chi connectivity index (χ0v) is 10.1. The minimum atomic E-state index is -0.153. The molecule has 3 heteroatoms. The van der Waals surface area contributed by atoms with Crippen LogP contribution in [-0.4, -0.2) is 19.0 Å². The van der Waals surface area contributed by atoms with Crippen molar-refractivity contribution in [3.63, 3.8) is 0 Å². The molecule has 0 aromatic heterocycles. The number of aryl methyl sites for hydroxylation is 1. The summed E-state index contributed by atoms with van der Waals surface area (Å²) in [4.78, 5) is 14.1. The van der Waals surface area contributed by atoms with Crippen molar-refractivity contribution in [3.8, 4) is 0 Å². The maximum atomic E-state index is 12.2. The van der Waals surface area contributed by atoms with Crippen LogP contribution in [0.5, 0.6) is 0 Å². The van der Waals surface area contributed by atoms with E-state index in [9.17, 15) is 4.79 Å². The summed E-state index contributed by atoms with van der Waals surface area (Å²) in [6.45, 7) is 7.64. The SMILES string of the molecule is CCNC1C(=O)N(CC)c2c(C)cccc21. The number of hydrogen-bond donors (Lipinski definition) is 1. The molecule has 1 aromatic rings. The number of likely N-dealkylation sites (N-methyl/N-ethyl adjacent to an activating group) is 2. The number of hydrogen-bond acceptors (Lipinski definition) is 2. The van der Waals surface area contributed by atoms with Crippen molar-refractivity contribution in [2.45, 2.75) is 26.8 Å². The normalized spacial score (nSPS) is 19.1. The number of benzene rings is 1. The Balaban J connectivity index is 2.50. The van der Waals surface area contributed by atoms with Gasteiger partial charge in [-0.1, -0.05) is 25.1 Å². The van der Waals surface area contributed by atoms with Gasteiger partial charge < -0.3 is 10.2 Å². The van der Waals surface area contributed by atoms with E-state index in [4.69, 9.17) is 0 Å². The molecule has 0 saturated carbocycles. The summed E-state index contributed by atoms with van der Waals surface area (Å²) in [6, 6.07) is 5.97. The number of anilines is 1. The van der Waals surface area contributed by atoms with E-state index in [-0.39, 0.29) is 11.9 Å². The van der Waals surface area contributed by atoms with Gasteiger partial charge in [0.15, 0.2) is 0 Å². The molecule has 1 aliphatic rings. The molecule has 0 spiro atoms. The Morgan fingerprint density at radius 3 is 2.75 bits per heavy atom. The van der Waals surface area contributed by atoms with Crippen LogP contribution in [0, 0.1) is 6.92 Å². The van der Waals surface area contributed by atoms with E-state index >= 15 is 0 Å². The molecule has 1 unspecified atom stereocenters. The second-order valence-corrected chi connectivity index (χ2v) is 4.09. The Morgan fingerprint density at radius 2 is 2.12 bits per heavy atom. The molecular formula is C13H18N2O. The van der Waals surface area contributed by atoms with Crippen molar-refractivity contribution in [3.05, 3.63) is 29.3 Å². The molecule has 1 atom stereocenters. The lowest BCUT2D eigenvalue weighted by atomic mass is 10.1. The highest BCUT2D eigenvalue weighted by Gasteiger charge is 2.36. The molecule has 0 bridgehead atoms. The smallest absolute Gasteiger partial charge is 0.248 e. The second-order valence-electron chi connectivity index (χ2n) is 4.09. The quantitative estimate of drug-likeness (QED) is 0.841. The van der Waals surface area contributed by atoms with Gasteiger partial charge >= 0.3 is 0 Å². The summed E-state index contributed by atoms with van der Waals surface area (Å²) < 4.78 is 0. The number of nitrogens with one attached hydrogen (secondary N) is 1. The third kappa shape index (κ3) is 1.52. The molecule has 1 aromatic carbocycles. The summed E-state index contributed by atoms with van der Waals surface area (Å²) in [5, 5.41) is 3.25. The number of para-hydroxylation sites is 1. The molecule has 1 heterocycles. The van der Waals surface area contributed by atoms with Gasteiger partial charge in [-0.2, -0.15) is 0 Å². The predicted molar refractivity (Wildman–Crippen MR) is 65.6 cm³/mol. The first kappa shape index (κ1) is 11.1. The Labute approximate surface area is 96.5 Å². The van der Waals surface area contributed by atoms with E-state index in [1.165, 1.54) is 5.56 Å².